The van der Waals surface area contributed by atoms with E-state index in [-0.39, 0.29) is 0 Å². The Morgan fingerprint density at radius 1 is 1.38 bits per heavy atom. The van der Waals surface area contributed by atoms with Crippen molar-refractivity contribution in [2.24, 2.45) is 5.92 Å². The van der Waals surface area contributed by atoms with Gasteiger partial charge >= 0.3 is 0 Å². The van der Waals surface area contributed by atoms with Crippen molar-refractivity contribution in [1.29, 1.82) is 0 Å². The summed E-state index contributed by atoms with van der Waals surface area (Å²) in [5.74, 6) is 0.664. The van der Waals surface area contributed by atoms with Gasteiger partial charge in [0.15, 0.2) is 0 Å². The highest BCUT2D eigenvalue weighted by atomic mass is 32.1. The van der Waals surface area contributed by atoms with E-state index in [2.05, 4.69) is 20.2 Å². The van der Waals surface area contributed by atoms with Gasteiger partial charge in [-0.3, -0.25) is 9.80 Å². The lowest BCUT2D eigenvalue weighted by Crippen LogP contribution is -2.46. The molecule has 3 heterocycles. The molecule has 0 amide bonds. The van der Waals surface area contributed by atoms with Gasteiger partial charge in [-0.25, -0.2) is 4.98 Å². The molecule has 0 aliphatic carbocycles. The summed E-state index contributed by atoms with van der Waals surface area (Å²) in [6, 6.07) is 0. The van der Waals surface area contributed by atoms with Gasteiger partial charge in [0.05, 0.1) is 25.9 Å². The number of thiazole rings is 1. The summed E-state index contributed by atoms with van der Waals surface area (Å²) in [4.78, 5) is 9.37. The van der Waals surface area contributed by atoms with Crippen LogP contribution in [0, 0.1) is 5.92 Å². The number of hydrogen-bond donors (Lipinski definition) is 0. The summed E-state index contributed by atoms with van der Waals surface area (Å²) in [6.07, 6.45) is 3.49. The van der Waals surface area contributed by atoms with E-state index in [0.717, 1.165) is 52.5 Å². The van der Waals surface area contributed by atoms with Crippen molar-refractivity contribution in [3.63, 3.8) is 0 Å². The molecule has 5 nitrogen and oxygen atoms in total. The molecule has 2 atom stereocenters. The van der Waals surface area contributed by atoms with E-state index in [1.54, 1.807) is 18.4 Å². The second kappa shape index (κ2) is 7.65. The topological polar surface area (TPSA) is 37.8 Å². The molecule has 1 aromatic rings. The zero-order valence-electron chi connectivity index (χ0n) is 12.7. The number of hydrogen-bond acceptors (Lipinski definition) is 6. The molecule has 0 unspecified atom stereocenters. The zero-order valence-corrected chi connectivity index (χ0v) is 13.6. The van der Waals surface area contributed by atoms with E-state index in [9.17, 15) is 0 Å². The minimum absolute atomic E-state index is 0.381. The van der Waals surface area contributed by atoms with E-state index in [0.29, 0.717) is 12.0 Å². The maximum atomic E-state index is 6.13. The van der Waals surface area contributed by atoms with Gasteiger partial charge in [-0.15, -0.1) is 11.3 Å². The van der Waals surface area contributed by atoms with Gasteiger partial charge in [-0.1, -0.05) is 0 Å². The van der Waals surface area contributed by atoms with Crippen LogP contribution in [0.3, 0.4) is 0 Å². The third-order valence-corrected chi connectivity index (χ3v) is 5.23. The van der Waals surface area contributed by atoms with E-state index in [1.807, 2.05) is 6.20 Å². The quantitative estimate of drug-likeness (QED) is 0.820. The molecule has 3 rings (SSSR count). The number of fused-ring (bicyclic) bond motifs is 1. The maximum Gasteiger partial charge on any atom is 0.107 e. The monoisotopic (exact) mass is 311 g/mol. The van der Waals surface area contributed by atoms with Crippen molar-refractivity contribution in [2.75, 3.05) is 53.0 Å². The van der Waals surface area contributed by atoms with Crippen LogP contribution in [0.25, 0.3) is 0 Å². The van der Waals surface area contributed by atoms with Crippen molar-refractivity contribution in [1.82, 2.24) is 14.8 Å². The first-order valence-corrected chi connectivity index (χ1v) is 8.66. The van der Waals surface area contributed by atoms with Crippen LogP contribution < -0.4 is 0 Å². The van der Waals surface area contributed by atoms with Crippen molar-refractivity contribution < 1.29 is 9.47 Å². The molecule has 2 aliphatic heterocycles. The fourth-order valence-electron chi connectivity index (χ4n) is 3.27. The predicted octanol–water partition coefficient (Wildman–Crippen LogP) is 1.31. The van der Waals surface area contributed by atoms with E-state index in [1.165, 1.54) is 11.4 Å². The average molecular weight is 311 g/mol. The van der Waals surface area contributed by atoms with Gasteiger partial charge in [0.2, 0.25) is 0 Å². The molecule has 0 N–H and O–H groups in total. The van der Waals surface area contributed by atoms with Gasteiger partial charge in [0.1, 0.15) is 5.01 Å². The van der Waals surface area contributed by atoms with Crippen LogP contribution in [0.1, 0.15) is 11.4 Å². The first-order chi connectivity index (χ1) is 10.3. The molecule has 1 aromatic heterocycles. The fraction of sp³-hybridized carbons (Fsp3) is 0.800. The number of methoxy groups -OCH3 is 1. The summed E-state index contributed by atoms with van der Waals surface area (Å²) in [6.45, 7) is 8.03. The molecule has 2 fully saturated rings. The summed E-state index contributed by atoms with van der Waals surface area (Å²) >= 11 is 1.74. The Bertz CT molecular complexity index is 415. The van der Waals surface area contributed by atoms with Crippen molar-refractivity contribution in [2.45, 2.75) is 19.1 Å². The van der Waals surface area contributed by atoms with Gasteiger partial charge in [-0.05, 0) is 13.0 Å². The Morgan fingerprint density at radius 3 is 3.14 bits per heavy atom. The Hall–Kier alpha value is -0.530. The molecular weight excluding hydrogens is 286 g/mol. The highest BCUT2D eigenvalue weighted by molar-refractivity contribution is 7.09. The third kappa shape index (κ3) is 4.23. The lowest BCUT2D eigenvalue weighted by Gasteiger charge is -2.37. The molecule has 0 aromatic carbocycles. The van der Waals surface area contributed by atoms with Crippen LogP contribution in [0.4, 0.5) is 0 Å². The summed E-state index contributed by atoms with van der Waals surface area (Å²) in [5.41, 5.74) is 0. The predicted molar refractivity (Wildman–Crippen MR) is 83.6 cm³/mol. The molecular formula is C15H25N3O2S. The molecule has 118 valence electrons. The van der Waals surface area contributed by atoms with E-state index >= 15 is 0 Å². The first-order valence-electron chi connectivity index (χ1n) is 7.79. The molecule has 0 radical (unpaired) electrons. The number of aromatic nitrogens is 1. The third-order valence-electron chi connectivity index (χ3n) is 4.47. The highest BCUT2D eigenvalue weighted by Crippen LogP contribution is 2.25. The molecule has 0 spiro atoms. The van der Waals surface area contributed by atoms with E-state index < -0.39 is 0 Å². The smallest absolute Gasteiger partial charge is 0.107 e. The van der Waals surface area contributed by atoms with Crippen LogP contribution >= 0.6 is 11.3 Å². The largest absolute Gasteiger partial charge is 0.383 e. The van der Waals surface area contributed by atoms with Crippen LogP contribution in [0.15, 0.2) is 11.6 Å². The van der Waals surface area contributed by atoms with Gasteiger partial charge in [-0.2, -0.15) is 0 Å². The van der Waals surface area contributed by atoms with Crippen LogP contribution in [-0.2, 0) is 16.0 Å². The molecule has 2 saturated heterocycles. The summed E-state index contributed by atoms with van der Waals surface area (Å²) in [7, 11) is 1.77. The van der Waals surface area contributed by atoms with Crippen LogP contribution in [-0.4, -0.2) is 73.9 Å². The lowest BCUT2D eigenvalue weighted by molar-refractivity contribution is -0.0242. The number of likely N-dealkylation sites (tertiary alicyclic amines) is 1. The fourth-order valence-corrected chi connectivity index (χ4v) is 3.93. The van der Waals surface area contributed by atoms with Gasteiger partial charge in [0.25, 0.3) is 0 Å². The Morgan fingerprint density at radius 2 is 2.33 bits per heavy atom. The van der Waals surface area contributed by atoms with Gasteiger partial charge in [0, 0.05) is 50.8 Å². The normalized spacial score (nSPS) is 28.2. The highest BCUT2D eigenvalue weighted by Gasteiger charge is 2.33. The maximum absolute atomic E-state index is 6.13. The lowest BCUT2D eigenvalue weighted by atomic mass is 9.93. The van der Waals surface area contributed by atoms with Crippen molar-refractivity contribution in [3.8, 4) is 0 Å². The molecule has 0 saturated carbocycles. The van der Waals surface area contributed by atoms with Crippen molar-refractivity contribution in [3.05, 3.63) is 16.6 Å². The molecule has 2 aliphatic rings. The SMILES string of the molecule is COCCN1CCO[C@@H]2CN(Cc3nccs3)CC[C@@H]2C1. The Labute approximate surface area is 130 Å². The minimum Gasteiger partial charge on any atom is -0.383 e. The average Bonchev–Trinajstić information content (AvgIpc) is 2.91. The summed E-state index contributed by atoms with van der Waals surface area (Å²) < 4.78 is 11.3. The summed E-state index contributed by atoms with van der Waals surface area (Å²) in [5, 5.41) is 3.27. The van der Waals surface area contributed by atoms with Crippen LogP contribution in [0.5, 0.6) is 0 Å². The van der Waals surface area contributed by atoms with Crippen LogP contribution in [0.2, 0.25) is 0 Å². The van der Waals surface area contributed by atoms with Gasteiger partial charge < -0.3 is 9.47 Å². The standard InChI is InChI=1S/C15H25N3O2S/c1-19-7-5-17-6-8-20-14-11-18(4-2-13(14)10-17)12-15-16-3-9-21-15/h3,9,13-14H,2,4-8,10-12H2,1H3/t13-,14-/m1/s1. The second-order valence-corrected chi connectivity index (χ2v) is 6.89. The Kier molecular flexibility index (Phi) is 5.60. The Balaban J connectivity index is 1.52. The van der Waals surface area contributed by atoms with Crippen molar-refractivity contribution >= 4 is 11.3 Å². The number of piperidine rings is 1. The number of nitrogens with zero attached hydrogens (tertiary/aromatic N) is 3. The number of rotatable bonds is 5. The zero-order chi connectivity index (χ0) is 14.5. The second-order valence-electron chi connectivity index (χ2n) is 5.91. The van der Waals surface area contributed by atoms with E-state index in [4.69, 9.17) is 9.47 Å². The minimum atomic E-state index is 0.381. The number of ether oxygens (including phenoxy) is 2. The first kappa shape index (κ1) is 15.4. The molecule has 0 bridgehead atoms. The molecule has 21 heavy (non-hydrogen) atoms. The molecule has 6 heteroatoms.